The molecule has 9 nitrogen and oxygen atoms in total. The van der Waals surface area contributed by atoms with Crippen molar-refractivity contribution in [2.45, 2.75) is 58.7 Å². The molecule has 1 saturated heterocycles. The van der Waals surface area contributed by atoms with Crippen molar-refractivity contribution >= 4 is 23.2 Å². The molecule has 2 amide bonds. The highest BCUT2D eigenvalue weighted by molar-refractivity contribution is 7.13. The fourth-order valence-corrected chi connectivity index (χ4v) is 5.29. The van der Waals surface area contributed by atoms with E-state index in [1.807, 2.05) is 26.8 Å². The molecule has 1 aliphatic rings. The van der Waals surface area contributed by atoms with Gasteiger partial charge in [0.2, 0.25) is 11.8 Å². The number of aryl methyl sites for hydroxylation is 2. The number of benzene rings is 1. The highest BCUT2D eigenvalue weighted by atomic mass is 32.1. The van der Waals surface area contributed by atoms with E-state index in [4.69, 9.17) is 4.52 Å². The van der Waals surface area contributed by atoms with Gasteiger partial charge >= 0.3 is 0 Å². The number of phenols is 1. The summed E-state index contributed by atoms with van der Waals surface area (Å²) in [6.07, 6.45) is -0.651. The minimum absolute atomic E-state index is 0.0653. The molecule has 3 atom stereocenters. The first-order chi connectivity index (χ1) is 16.7. The molecule has 2 aromatic heterocycles. The van der Waals surface area contributed by atoms with E-state index in [2.05, 4.69) is 15.5 Å². The Morgan fingerprint density at radius 3 is 2.66 bits per heavy atom. The first-order valence-electron chi connectivity index (χ1n) is 11.6. The maximum Gasteiger partial charge on any atom is 0.243 e. The molecule has 10 heteroatoms. The Kier molecular flexibility index (Phi) is 7.23. The number of nitrogens with one attached hydrogen (secondary N) is 1. The zero-order valence-corrected chi connectivity index (χ0v) is 21.0. The molecule has 1 unspecified atom stereocenters. The molecule has 1 fully saturated rings. The summed E-state index contributed by atoms with van der Waals surface area (Å²) in [4.78, 5) is 33.2. The molecule has 0 aliphatic carbocycles. The third-order valence-electron chi connectivity index (χ3n) is 6.30. The minimum atomic E-state index is -0.816. The summed E-state index contributed by atoms with van der Waals surface area (Å²) in [5.74, 6) is -0.842. The van der Waals surface area contributed by atoms with Crippen molar-refractivity contribution < 1.29 is 24.3 Å². The van der Waals surface area contributed by atoms with Gasteiger partial charge in [-0.25, -0.2) is 4.98 Å². The van der Waals surface area contributed by atoms with Gasteiger partial charge in [-0.2, -0.15) is 0 Å². The van der Waals surface area contributed by atoms with E-state index in [0.29, 0.717) is 17.0 Å². The number of rotatable bonds is 7. The van der Waals surface area contributed by atoms with Crippen molar-refractivity contribution in [3.05, 3.63) is 52.5 Å². The largest absolute Gasteiger partial charge is 0.508 e. The van der Waals surface area contributed by atoms with Crippen LogP contribution in [0, 0.1) is 19.8 Å². The Balaban J connectivity index is 1.46. The van der Waals surface area contributed by atoms with E-state index in [0.717, 1.165) is 16.1 Å². The molecule has 0 saturated carbocycles. The maximum absolute atomic E-state index is 13.5. The molecule has 4 rings (SSSR count). The second kappa shape index (κ2) is 10.2. The van der Waals surface area contributed by atoms with Crippen LogP contribution in [0.4, 0.5) is 0 Å². The van der Waals surface area contributed by atoms with Crippen LogP contribution in [0.25, 0.3) is 10.4 Å². The number of carbonyl (C=O) groups excluding carboxylic acids is 2. The van der Waals surface area contributed by atoms with Gasteiger partial charge < -0.3 is 25.0 Å². The lowest BCUT2D eigenvalue weighted by Gasteiger charge is -2.28. The van der Waals surface area contributed by atoms with Crippen LogP contribution in [0.15, 0.2) is 34.3 Å². The lowest BCUT2D eigenvalue weighted by Crippen LogP contribution is -2.48. The minimum Gasteiger partial charge on any atom is -0.508 e. The highest BCUT2D eigenvalue weighted by Crippen LogP contribution is 2.33. The van der Waals surface area contributed by atoms with E-state index < -0.39 is 18.1 Å². The Morgan fingerprint density at radius 1 is 1.29 bits per heavy atom. The first kappa shape index (κ1) is 24.9. The molecule has 35 heavy (non-hydrogen) atoms. The second-order valence-electron chi connectivity index (χ2n) is 9.32. The number of amides is 2. The topological polar surface area (TPSA) is 129 Å². The summed E-state index contributed by atoms with van der Waals surface area (Å²) in [6.45, 7) is 7.67. The lowest BCUT2D eigenvalue weighted by molar-refractivity contribution is -0.141. The molecule has 0 radical (unpaired) electrons. The third-order valence-corrected chi connectivity index (χ3v) is 7.27. The summed E-state index contributed by atoms with van der Waals surface area (Å²) in [6, 6.07) is 6.21. The van der Waals surface area contributed by atoms with E-state index in [1.54, 1.807) is 30.6 Å². The Bertz CT molecular complexity index is 1220. The Hall–Kier alpha value is -3.24. The molecular formula is C25H30N4O5S. The number of hydrogen-bond acceptors (Lipinski definition) is 8. The van der Waals surface area contributed by atoms with Crippen molar-refractivity contribution in [2.75, 3.05) is 6.54 Å². The number of nitrogens with zero attached hydrogens (tertiary/aromatic N) is 3. The van der Waals surface area contributed by atoms with Crippen molar-refractivity contribution in [2.24, 2.45) is 5.92 Å². The van der Waals surface area contributed by atoms with Gasteiger partial charge in [-0.15, -0.1) is 11.3 Å². The van der Waals surface area contributed by atoms with E-state index in [-0.39, 0.29) is 43.0 Å². The van der Waals surface area contributed by atoms with Gasteiger partial charge in [0.15, 0.2) is 0 Å². The number of aromatic hydroxyl groups is 1. The normalized spacial score (nSPS) is 18.7. The third kappa shape index (κ3) is 5.23. The number of hydrogen-bond donors (Lipinski definition) is 3. The SMILES string of the molecule is Cc1cc([C@H](C(=O)N2C[C@H](O)CC2C(=O)NCc2ccc(-c3scnc3C)cc2O)C(C)C)on1. The van der Waals surface area contributed by atoms with Crippen molar-refractivity contribution in [1.82, 2.24) is 20.4 Å². The smallest absolute Gasteiger partial charge is 0.243 e. The van der Waals surface area contributed by atoms with Crippen LogP contribution in [0.5, 0.6) is 5.75 Å². The zero-order valence-electron chi connectivity index (χ0n) is 20.2. The lowest BCUT2D eigenvalue weighted by atomic mass is 9.91. The maximum atomic E-state index is 13.5. The number of likely N-dealkylation sites (tertiary alicyclic amines) is 1. The molecule has 0 spiro atoms. The van der Waals surface area contributed by atoms with Crippen LogP contribution in [0.3, 0.4) is 0 Å². The van der Waals surface area contributed by atoms with Gasteiger partial charge in [0.25, 0.3) is 0 Å². The summed E-state index contributed by atoms with van der Waals surface area (Å²) in [5, 5.41) is 27.5. The molecule has 3 N–H and O–H groups in total. The molecule has 1 aliphatic heterocycles. The second-order valence-corrected chi connectivity index (χ2v) is 10.2. The Morgan fingerprint density at radius 2 is 2.06 bits per heavy atom. The summed E-state index contributed by atoms with van der Waals surface area (Å²) in [7, 11) is 0. The predicted octanol–water partition coefficient (Wildman–Crippen LogP) is 3.14. The van der Waals surface area contributed by atoms with Gasteiger partial charge in [-0.1, -0.05) is 31.1 Å². The average molecular weight is 499 g/mol. The van der Waals surface area contributed by atoms with Crippen LogP contribution in [0.2, 0.25) is 0 Å². The first-order valence-corrected chi connectivity index (χ1v) is 12.5. The van der Waals surface area contributed by atoms with Gasteiger partial charge in [-0.3, -0.25) is 9.59 Å². The average Bonchev–Trinajstić information content (AvgIpc) is 3.52. The fourth-order valence-electron chi connectivity index (χ4n) is 4.48. The quantitative estimate of drug-likeness (QED) is 0.456. The molecule has 186 valence electrons. The van der Waals surface area contributed by atoms with E-state index in [1.165, 1.54) is 16.2 Å². The monoisotopic (exact) mass is 498 g/mol. The van der Waals surface area contributed by atoms with Crippen LogP contribution in [-0.4, -0.2) is 55.8 Å². The number of β-amino-alcohol motifs (C(OH)–C–C–N with tert-alkyl or cyclic N) is 1. The number of thiazole rings is 1. The van der Waals surface area contributed by atoms with Crippen molar-refractivity contribution in [1.29, 1.82) is 0 Å². The molecular weight excluding hydrogens is 468 g/mol. The molecule has 0 bridgehead atoms. The summed E-state index contributed by atoms with van der Waals surface area (Å²) < 4.78 is 5.36. The van der Waals surface area contributed by atoms with Crippen LogP contribution < -0.4 is 5.32 Å². The van der Waals surface area contributed by atoms with Crippen molar-refractivity contribution in [3.8, 4) is 16.2 Å². The van der Waals surface area contributed by atoms with Gasteiger partial charge in [0.1, 0.15) is 23.5 Å². The number of aliphatic hydroxyl groups is 1. The number of aromatic nitrogens is 2. The summed E-state index contributed by atoms with van der Waals surface area (Å²) >= 11 is 1.50. The molecule has 3 heterocycles. The standard InChI is InChI=1S/C25H30N4O5S/c1-13(2)22(21-7-14(3)28-34-21)25(33)29-11-18(30)9-19(29)24(32)26-10-17-6-5-16(8-20(17)31)23-15(4)27-12-35-23/h5-8,12-13,18-19,22,30-31H,9-11H2,1-4H3,(H,26,32)/t18-,19?,22-/m1/s1. The molecule has 1 aromatic carbocycles. The van der Waals surface area contributed by atoms with Gasteiger partial charge in [-0.05, 0) is 31.4 Å². The fraction of sp³-hybridized carbons (Fsp3) is 0.440. The predicted molar refractivity (Wildman–Crippen MR) is 131 cm³/mol. The Labute approximate surface area is 207 Å². The molecule has 3 aromatic rings. The highest BCUT2D eigenvalue weighted by Gasteiger charge is 2.43. The number of phenolic OH excluding ortho intramolecular Hbond substituents is 1. The van der Waals surface area contributed by atoms with Gasteiger partial charge in [0, 0.05) is 31.1 Å². The van der Waals surface area contributed by atoms with E-state index >= 15 is 0 Å². The van der Waals surface area contributed by atoms with Crippen LogP contribution in [-0.2, 0) is 16.1 Å². The van der Waals surface area contributed by atoms with Gasteiger partial charge in [0.05, 0.1) is 27.9 Å². The zero-order chi connectivity index (χ0) is 25.3. The summed E-state index contributed by atoms with van der Waals surface area (Å²) in [5.41, 5.74) is 4.73. The van der Waals surface area contributed by atoms with E-state index in [9.17, 15) is 19.8 Å². The van der Waals surface area contributed by atoms with Crippen LogP contribution in [0.1, 0.15) is 48.9 Å². The number of aliphatic hydroxyl groups excluding tert-OH is 1. The number of carbonyl (C=O) groups is 2. The van der Waals surface area contributed by atoms with Crippen LogP contribution >= 0.6 is 11.3 Å². The van der Waals surface area contributed by atoms with Crippen molar-refractivity contribution in [3.63, 3.8) is 0 Å².